The molecule has 1 amide bonds. The molecule has 41 heavy (non-hydrogen) atoms. The Morgan fingerprint density at radius 1 is 0.951 bits per heavy atom. The first-order valence-corrected chi connectivity index (χ1v) is 13.7. The van der Waals surface area contributed by atoms with Crippen molar-refractivity contribution in [2.75, 3.05) is 46.4 Å². The molecular formula is C30H36F5N3O3. The van der Waals surface area contributed by atoms with E-state index in [9.17, 15) is 31.5 Å². The fourth-order valence-electron chi connectivity index (χ4n) is 5.76. The van der Waals surface area contributed by atoms with E-state index in [2.05, 4.69) is 4.90 Å². The molecule has 3 atom stereocenters. The van der Waals surface area contributed by atoms with E-state index in [0.717, 1.165) is 18.2 Å². The van der Waals surface area contributed by atoms with Crippen LogP contribution in [-0.2, 0) is 26.9 Å². The lowest BCUT2D eigenvalue weighted by Crippen LogP contribution is -2.56. The summed E-state index contributed by atoms with van der Waals surface area (Å²) in [6.07, 6.45) is -4.29. The smallest absolute Gasteiger partial charge is 0.416 e. The fourth-order valence-corrected chi connectivity index (χ4v) is 5.76. The zero-order valence-electron chi connectivity index (χ0n) is 23.7. The molecule has 2 aromatic carbocycles. The third-order valence-corrected chi connectivity index (χ3v) is 8.20. The van der Waals surface area contributed by atoms with Gasteiger partial charge in [0.25, 0.3) is 0 Å². The third-order valence-electron chi connectivity index (χ3n) is 8.20. The van der Waals surface area contributed by atoms with E-state index < -0.39 is 47.2 Å². The fraction of sp³-hybridized carbons (Fsp3) is 0.533. The summed E-state index contributed by atoms with van der Waals surface area (Å²) in [4.78, 5) is 32.2. The average Bonchev–Trinajstić information content (AvgIpc) is 3.37. The summed E-state index contributed by atoms with van der Waals surface area (Å²) in [6.45, 7) is 8.34. The Morgan fingerprint density at radius 3 is 2.12 bits per heavy atom. The van der Waals surface area contributed by atoms with Gasteiger partial charge >= 0.3 is 12.1 Å². The van der Waals surface area contributed by atoms with Crippen LogP contribution in [0.3, 0.4) is 0 Å². The van der Waals surface area contributed by atoms with Crippen LogP contribution in [0.15, 0.2) is 42.5 Å². The molecule has 2 aliphatic rings. The van der Waals surface area contributed by atoms with E-state index in [4.69, 9.17) is 4.74 Å². The maximum atomic E-state index is 14.8. The number of halogens is 5. The Balaban J connectivity index is 1.46. The normalized spacial score (nSPS) is 21.6. The third kappa shape index (κ3) is 7.06. The van der Waals surface area contributed by atoms with Crippen LogP contribution in [0.25, 0.3) is 0 Å². The number of benzene rings is 2. The van der Waals surface area contributed by atoms with Crippen LogP contribution >= 0.6 is 0 Å². The number of methoxy groups -OCH3 is 1. The van der Waals surface area contributed by atoms with Crippen molar-refractivity contribution in [3.05, 3.63) is 70.8 Å². The highest BCUT2D eigenvalue weighted by Crippen LogP contribution is 2.38. The van der Waals surface area contributed by atoms with Crippen molar-refractivity contribution >= 4 is 11.9 Å². The van der Waals surface area contributed by atoms with Crippen molar-refractivity contribution in [3.63, 3.8) is 0 Å². The van der Waals surface area contributed by atoms with E-state index in [1.165, 1.54) is 31.4 Å². The number of carbonyl (C=O) groups excluding carboxylic acids is 2. The summed E-state index contributed by atoms with van der Waals surface area (Å²) >= 11 is 0. The summed E-state index contributed by atoms with van der Waals surface area (Å²) in [5.41, 5.74) is -0.144. The zero-order valence-corrected chi connectivity index (χ0v) is 23.7. The Morgan fingerprint density at radius 2 is 1.59 bits per heavy atom. The molecule has 2 fully saturated rings. The summed E-state index contributed by atoms with van der Waals surface area (Å²) in [5, 5.41) is 0. The first-order chi connectivity index (χ1) is 19.2. The van der Waals surface area contributed by atoms with Crippen LogP contribution in [0.5, 0.6) is 0 Å². The van der Waals surface area contributed by atoms with Crippen molar-refractivity contribution in [3.8, 4) is 0 Å². The highest BCUT2D eigenvalue weighted by atomic mass is 19.4. The van der Waals surface area contributed by atoms with Crippen LogP contribution in [0, 0.1) is 17.6 Å². The van der Waals surface area contributed by atoms with Crippen molar-refractivity contribution in [1.82, 2.24) is 14.7 Å². The molecule has 0 aromatic heterocycles. The Hall–Kier alpha value is -3.05. The molecule has 2 aromatic rings. The highest BCUT2D eigenvalue weighted by Gasteiger charge is 2.45. The quantitative estimate of drug-likeness (QED) is 0.365. The van der Waals surface area contributed by atoms with Gasteiger partial charge in [0.1, 0.15) is 17.7 Å². The molecule has 0 spiro atoms. The SMILES string of the molecule is COC(=O)[C@H](Cc1ccc(C(F)(F)F)cc1)N1CCN(C(=O)[C@@H]2CN(C(C)(C)C)C[C@H]2c2ccc(F)cc2F)CC1. The van der Waals surface area contributed by atoms with Crippen LogP contribution in [0.4, 0.5) is 22.0 Å². The number of piperazine rings is 1. The Bertz CT molecular complexity index is 1240. The number of likely N-dealkylation sites (tertiary alicyclic amines) is 1. The molecule has 0 radical (unpaired) electrons. The van der Waals surface area contributed by atoms with Gasteiger partial charge in [-0.25, -0.2) is 8.78 Å². The van der Waals surface area contributed by atoms with Gasteiger partial charge in [-0.05, 0) is 56.5 Å². The van der Waals surface area contributed by atoms with E-state index in [0.29, 0.717) is 50.4 Å². The number of amides is 1. The second-order valence-corrected chi connectivity index (χ2v) is 11.8. The first kappa shape index (κ1) is 30.9. The number of hydrogen-bond donors (Lipinski definition) is 0. The van der Waals surface area contributed by atoms with Gasteiger partial charge < -0.3 is 9.64 Å². The summed E-state index contributed by atoms with van der Waals surface area (Å²) in [5.74, 6) is -2.94. The summed E-state index contributed by atoms with van der Waals surface area (Å²) in [6, 6.07) is 7.44. The second-order valence-electron chi connectivity index (χ2n) is 11.8. The van der Waals surface area contributed by atoms with Crippen LogP contribution in [-0.4, -0.2) is 84.5 Å². The lowest BCUT2D eigenvalue weighted by atomic mass is 9.87. The van der Waals surface area contributed by atoms with Gasteiger partial charge in [-0.15, -0.1) is 0 Å². The molecule has 0 saturated carbocycles. The van der Waals surface area contributed by atoms with Crippen molar-refractivity contribution in [1.29, 1.82) is 0 Å². The number of ether oxygens (including phenoxy) is 1. The van der Waals surface area contributed by atoms with Gasteiger partial charge in [-0.2, -0.15) is 13.2 Å². The zero-order chi connectivity index (χ0) is 30.1. The second kappa shape index (κ2) is 12.1. The molecule has 2 heterocycles. The monoisotopic (exact) mass is 581 g/mol. The summed E-state index contributed by atoms with van der Waals surface area (Å²) < 4.78 is 72.3. The van der Waals surface area contributed by atoms with Crippen LogP contribution < -0.4 is 0 Å². The van der Waals surface area contributed by atoms with Gasteiger partial charge in [-0.3, -0.25) is 19.4 Å². The molecule has 11 heteroatoms. The number of alkyl halides is 3. The maximum Gasteiger partial charge on any atom is 0.416 e. The van der Waals surface area contributed by atoms with Crippen LogP contribution in [0.1, 0.15) is 43.4 Å². The maximum absolute atomic E-state index is 14.8. The molecule has 0 aliphatic carbocycles. The Kier molecular flexibility index (Phi) is 9.08. The summed E-state index contributed by atoms with van der Waals surface area (Å²) in [7, 11) is 1.26. The lowest BCUT2D eigenvalue weighted by molar-refractivity contribution is -0.148. The minimum Gasteiger partial charge on any atom is -0.468 e. The van der Waals surface area contributed by atoms with Gasteiger partial charge in [0.2, 0.25) is 5.91 Å². The highest BCUT2D eigenvalue weighted by molar-refractivity contribution is 5.81. The number of nitrogens with zero attached hydrogens (tertiary/aromatic N) is 3. The van der Waals surface area contributed by atoms with Gasteiger partial charge in [-0.1, -0.05) is 18.2 Å². The lowest BCUT2D eigenvalue weighted by Gasteiger charge is -2.39. The first-order valence-electron chi connectivity index (χ1n) is 13.7. The number of hydrogen-bond acceptors (Lipinski definition) is 5. The van der Waals surface area contributed by atoms with Crippen molar-refractivity contribution in [2.45, 2.75) is 50.9 Å². The molecule has 2 saturated heterocycles. The molecule has 0 N–H and O–H groups in total. The molecule has 2 aliphatic heterocycles. The predicted octanol–water partition coefficient (Wildman–Crippen LogP) is 4.73. The van der Waals surface area contributed by atoms with Crippen LogP contribution in [0.2, 0.25) is 0 Å². The van der Waals surface area contributed by atoms with E-state index in [1.54, 1.807) is 4.90 Å². The molecule has 224 valence electrons. The molecule has 6 nitrogen and oxygen atoms in total. The average molecular weight is 582 g/mol. The van der Waals surface area contributed by atoms with E-state index >= 15 is 0 Å². The Labute approximate surface area is 237 Å². The minimum absolute atomic E-state index is 0.123. The molecule has 0 unspecified atom stereocenters. The topological polar surface area (TPSA) is 53.1 Å². The van der Waals surface area contributed by atoms with E-state index in [-0.39, 0.29) is 17.9 Å². The van der Waals surface area contributed by atoms with Gasteiger partial charge in [0.05, 0.1) is 18.6 Å². The van der Waals surface area contributed by atoms with Gasteiger partial charge in [0, 0.05) is 56.8 Å². The minimum atomic E-state index is -4.45. The molecule has 4 rings (SSSR count). The number of carbonyl (C=O) groups is 2. The number of rotatable bonds is 6. The van der Waals surface area contributed by atoms with Crippen molar-refractivity contribution in [2.24, 2.45) is 5.92 Å². The number of esters is 1. The van der Waals surface area contributed by atoms with Gasteiger partial charge in [0.15, 0.2) is 0 Å². The predicted molar refractivity (Wildman–Crippen MR) is 143 cm³/mol. The van der Waals surface area contributed by atoms with Crippen molar-refractivity contribution < 1.29 is 36.3 Å². The molecular weight excluding hydrogens is 545 g/mol. The largest absolute Gasteiger partial charge is 0.468 e. The molecule has 0 bridgehead atoms. The van der Waals surface area contributed by atoms with E-state index in [1.807, 2.05) is 25.7 Å². The standard InChI is InChI=1S/C30H36F5N3O3/c1-29(2,3)38-17-23(22-10-9-21(31)16-25(22)32)24(18-38)27(39)37-13-11-36(12-14-37)26(28(40)41-4)15-19-5-7-20(8-6-19)30(33,34)35/h5-10,16,23-24,26H,11-15,17-18H2,1-4H3/t23-,24+,26-/m0/s1.